The Morgan fingerprint density at radius 3 is 2.48 bits per heavy atom. The lowest BCUT2D eigenvalue weighted by atomic mass is 10.1. The van der Waals surface area contributed by atoms with Gasteiger partial charge in [-0.25, -0.2) is 4.68 Å². The van der Waals surface area contributed by atoms with E-state index in [0.29, 0.717) is 15.3 Å². The van der Waals surface area contributed by atoms with Gasteiger partial charge in [0.15, 0.2) is 5.69 Å². The zero-order chi connectivity index (χ0) is 17.1. The van der Waals surface area contributed by atoms with Crippen molar-refractivity contribution in [3.05, 3.63) is 52.3 Å². The number of aromatic nitrogens is 2. The van der Waals surface area contributed by atoms with Crippen molar-refractivity contribution in [2.45, 2.75) is 19.5 Å². The molecule has 5 nitrogen and oxygen atoms in total. The number of aliphatic hydroxyl groups is 1. The van der Waals surface area contributed by atoms with Gasteiger partial charge in [0.1, 0.15) is 0 Å². The van der Waals surface area contributed by atoms with Crippen molar-refractivity contribution in [2.75, 3.05) is 13.7 Å². The first kappa shape index (κ1) is 17.4. The van der Waals surface area contributed by atoms with Crippen LogP contribution >= 0.6 is 11.6 Å². The molecule has 1 aromatic carbocycles. The number of carbonyl (C=O) groups is 1. The third-order valence-corrected chi connectivity index (χ3v) is 3.79. The Labute approximate surface area is 137 Å². The molecule has 0 saturated heterocycles. The molecule has 8 heteroatoms. The molecule has 1 unspecified atom stereocenters. The molecule has 0 spiro atoms. The summed E-state index contributed by atoms with van der Waals surface area (Å²) in [6.07, 6.45) is 0. The molecule has 0 aliphatic carbocycles. The van der Waals surface area contributed by atoms with Crippen LogP contribution in [0.1, 0.15) is 34.3 Å². The predicted octanol–water partition coefficient (Wildman–Crippen LogP) is 3.05. The summed E-state index contributed by atoms with van der Waals surface area (Å²) >= 11 is 5.82. The van der Waals surface area contributed by atoms with E-state index >= 15 is 0 Å². The zero-order valence-corrected chi connectivity index (χ0v) is 13.3. The smallest absolute Gasteiger partial charge is 0.333 e. The van der Waals surface area contributed by atoms with Gasteiger partial charge >= 0.3 is 6.55 Å². The van der Waals surface area contributed by atoms with E-state index in [9.17, 15) is 18.7 Å². The van der Waals surface area contributed by atoms with Crippen LogP contribution in [0, 0.1) is 6.92 Å². The molecule has 23 heavy (non-hydrogen) atoms. The van der Waals surface area contributed by atoms with Crippen molar-refractivity contribution >= 4 is 17.5 Å². The van der Waals surface area contributed by atoms with E-state index in [1.54, 1.807) is 24.3 Å². The van der Waals surface area contributed by atoms with Crippen molar-refractivity contribution in [3.8, 4) is 0 Å². The number of nitrogens with zero attached hydrogens (tertiary/aromatic N) is 3. The summed E-state index contributed by atoms with van der Waals surface area (Å²) in [5.41, 5.74) is 0.763. The van der Waals surface area contributed by atoms with Gasteiger partial charge in [-0.15, -0.1) is 0 Å². The van der Waals surface area contributed by atoms with E-state index in [0.717, 1.165) is 0 Å². The quantitative estimate of drug-likeness (QED) is 0.907. The molecule has 0 radical (unpaired) electrons. The molecule has 0 bridgehead atoms. The van der Waals surface area contributed by atoms with Gasteiger partial charge in [-0.05, 0) is 30.7 Å². The van der Waals surface area contributed by atoms with E-state index < -0.39 is 18.5 Å². The number of rotatable bonds is 5. The summed E-state index contributed by atoms with van der Waals surface area (Å²) in [6, 6.07) is 7.34. The van der Waals surface area contributed by atoms with Crippen LogP contribution in [0.3, 0.4) is 0 Å². The molecule has 1 N–H and O–H groups in total. The van der Waals surface area contributed by atoms with Gasteiger partial charge in [0.25, 0.3) is 5.91 Å². The summed E-state index contributed by atoms with van der Waals surface area (Å²) < 4.78 is 26.0. The second kappa shape index (κ2) is 7.06. The van der Waals surface area contributed by atoms with Gasteiger partial charge in [0, 0.05) is 17.8 Å². The molecule has 1 amide bonds. The Balaban J connectivity index is 2.26. The van der Waals surface area contributed by atoms with Gasteiger partial charge < -0.3 is 10.0 Å². The molecular weight excluding hydrogens is 328 g/mol. The summed E-state index contributed by atoms with van der Waals surface area (Å²) in [5.74, 6) is -0.554. The minimum absolute atomic E-state index is 0.0993. The maximum Gasteiger partial charge on any atom is 0.333 e. The lowest BCUT2D eigenvalue weighted by Crippen LogP contribution is -2.33. The van der Waals surface area contributed by atoms with E-state index in [1.165, 1.54) is 24.9 Å². The van der Waals surface area contributed by atoms with Crippen LogP contribution in [-0.2, 0) is 0 Å². The molecule has 2 rings (SSSR count). The SMILES string of the molecule is Cc1cc(C(=O)N(C)C(CO)c2ccc(Cl)cc2)nn1C(F)F. The average molecular weight is 344 g/mol. The van der Waals surface area contributed by atoms with Gasteiger partial charge in [0.2, 0.25) is 0 Å². The van der Waals surface area contributed by atoms with E-state index in [2.05, 4.69) is 5.10 Å². The summed E-state index contributed by atoms with van der Waals surface area (Å²) in [7, 11) is 1.48. The molecular formula is C15H16ClF2N3O2. The molecule has 1 heterocycles. The largest absolute Gasteiger partial charge is 0.394 e. The lowest BCUT2D eigenvalue weighted by molar-refractivity contribution is 0.0522. The molecule has 0 aliphatic rings. The summed E-state index contributed by atoms with van der Waals surface area (Å²) in [6.45, 7) is -1.69. The minimum Gasteiger partial charge on any atom is -0.394 e. The predicted molar refractivity (Wildman–Crippen MR) is 81.6 cm³/mol. The van der Waals surface area contributed by atoms with Gasteiger partial charge in [-0.3, -0.25) is 4.79 Å². The highest BCUT2D eigenvalue weighted by molar-refractivity contribution is 6.30. The normalized spacial score (nSPS) is 12.5. The molecule has 1 aromatic heterocycles. The van der Waals surface area contributed by atoms with Crippen molar-refractivity contribution in [2.24, 2.45) is 0 Å². The Morgan fingerprint density at radius 2 is 2.00 bits per heavy atom. The van der Waals surface area contributed by atoms with Crippen LogP contribution in [0.2, 0.25) is 5.02 Å². The number of aliphatic hydroxyl groups excluding tert-OH is 1. The highest BCUT2D eigenvalue weighted by atomic mass is 35.5. The second-order valence-electron chi connectivity index (χ2n) is 5.06. The van der Waals surface area contributed by atoms with Crippen LogP contribution in [0.4, 0.5) is 8.78 Å². The van der Waals surface area contributed by atoms with Crippen LogP contribution in [0.5, 0.6) is 0 Å². The number of aryl methyl sites for hydroxylation is 1. The molecule has 2 aromatic rings. The fourth-order valence-electron chi connectivity index (χ4n) is 2.25. The zero-order valence-electron chi connectivity index (χ0n) is 12.6. The first-order valence-corrected chi connectivity index (χ1v) is 7.20. The Kier molecular flexibility index (Phi) is 5.33. The van der Waals surface area contributed by atoms with Crippen molar-refractivity contribution in [3.63, 3.8) is 0 Å². The standard InChI is InChI=1S/C15H16ClF2N3O2/c1-9-7-12(19-21(9)15(17)18)14(23)20(2)13(8-22)10-3-5-11(16)6-4-10/h3-7,13,15,22H,8H2,1-2H3. The molecule has 1 atom stereocenters. The Hall–Kier alpha value is -1.99. The van der Waals surface area contributed by atoms with Crippen molar-refractivity contribution in [1.82, 2.24) is 14.7 Å². The maximum atomic E-state index is 12.8. The Bertz CT molecular complexity index is 689. The van der Waals surface area contributed by atoms with Crippen LogP contribution in [0.25, 0.3) is 0 Å². The van der Waals surface area contributed by atoms with E-state index in [-0.39, 0.29) is 18.0 Å². The first-order valence-electron chi connectivity index (χ1n) is 6.83. The third kappa shape index (κ3) is 3.68. The fourth-order valence-corrected chi connectivity index (χ4v) is 2.37. The number of hydrogen-bond acceptors (Lipinski definition) is 3. The number of amides is 1. The minimum atomic E-state index is -2.81. The van der Waals surface area contributed by atoms with Gasteiger partial charge in [-0.1, -0.05) is 23.7 Å². The number of hydrogen-bond donors (Lipinski definition) is 1. The maximum absolute atomic E-state index is 12.8. The molecule has 0 fully saturated rings. The third-order valence-electron chi connectivity index (χ3n) is 3.54. The van der Waals surface area contributed by atoms with Crippen LogP contribution in [-0.4, -0.2) is 39.3 Å². The summed E-state index contributed by atoms with van der Waals surface area (Å²) in [5, 5.41) is 13.8. The average Bonchev–Trinajstić information content (AvgIpc) is 2.91. The van der Waals surface area contributed by atoms with Crippen molar-refractivity contribution < 1.29 is 18.7 Å². The number of halogens is 3. The Morgan fingerprint density at radius 1 is 1.39 bits per heavy atom. The topological polar surface area (TPSA) is 58.4 Å². The highest BCUT2D eigenvalue weighted by Crippen LogP contribution is 2.23. The highest BCUT2D eigenvalue weighted by Gasteiger charge is 2.25. The fraction of sp³-hybridized carbons (Fsp3) is 0.333. The van der Waals surface area contributed by atoms with Gasteiger partial charge in [-0.2, -0.15) is 13.9 Å². The van der Waals surface area contributed by atoms with E-state index in [1.807, 2.05) is 0 Å². The molecule has 0 saturated carbocycles. The summed E-state index contributed by atoms with van der Waals surface area (Å²) in [4.78, 5) is 13.7. The second-order valence-corrected chi connectivity index (χ2v) is 5.50. The molecule has 124 valence electrons. The van der Waals surface area contributed by atoms with Gasteiger partial charge in [0.05, 0.1) is 12.6 Å². The lowest BCUT2D eigenvalue weighted by Gasteiger charge is -2.26. The van der Waals surface area contributed by atoms with Crippen LogP contribution < -0.4 is 0 Å². The number of likely N-dealkylation sites (N-methyl/N-ethyl adjacent to an activating group) is 1. The monoisotopic (exact) mass is 343 g/mol. The van der Waals surface area contributed by atoms with Crippen molar-refractivity contribution in [1.29, 1.82) is 0 Å². The molecule has 0 aliphatic heterocycles. The number of alkyl halides is 2. The first-order chi connectivity index (χ1) is 10.8. The number of carbonyl (C=O) groups excluding carboxylic acids is 1. The number of benzene rings is 1. The van der Waals surface area contributed by atoms with Crippen LogP contribution in [0.15, 0.2) is 30.3 Å². The van der Waals surface area contributed by atoms with E-state index in [4.69, 9.17) is 11.6 Å².